The van der Waals surface area contributed by atoms with E-state index in [2.05, 4.69) is 4.74 Å². The van der Waals surface area contributed by atoms with E-state index in [1.807, 2.05) is 0 Å². The van der Waals surface area contributed by atoms with Gasteiger partial charge in [0.25, 0.3) is 0 Å². The summed E-state index contributed by atoms with van der Waals surface area (Å²) >= 11 is 0. The number of ether oxygens (including phenoxy) is 2. The molecule has 1 aromatic rings. The molecule has 6 heteroatoms. The Balaban J connectivity index is 3.02. The second-order valence-electron chi connectivity index (χ2n) is 3.20. The number of hydrogen-bond acceptors (Lipinski definition) is 4. The summed E-state index contributed by atoms with van der Waals surface area (Å²) in [6, 6.07) is 3.56. The summed E-state index contributed by atoms with van der Waals surface area (Å²) in [4.78, 5) is 21.9. The maximum atomic E-state index is 13.3. The zero-order valence-electron chi connectivity index (χ0n) is 9.27. The van der Waals surface area contributed by atoms with Gasteiger partial charge in [0.05, 0.1) is 7.11 Å². The predicted molar refractivity (Wildman–Crippen MR) is 55.5 cm³/mol. The number of carbonyl (C=O) groups is 2. The van der Waals surface area contributed by atoms with Crippen LogP contribution in [0.5, 0.6) is 5.75 Å². The highest BCUT2D eigenvalue weighted by atomic mass is 19.1. The molecule has 1 rings (SSSR count). The number of carboxylic acid groups (broad SMARTS) is 1. The number of esters is 1. The van der Waals surface area contributed by atoms with E-state index in [4.69, 9.17) is 9.84 Å². The van der Waals surface area contributed by atoms with Crippen molar-refractivity contribution in [2.45, 2.75) is 13.0 Å². The molecular formula is C11H11FO5. The predicted octanol–water partition coefficient (Wildman–Crippen LogP) is 1.46. The summed E-state index contributed by atoms with van der Waals surface area (Å²) in [6.45, 7) is 1.38. The van der Waals surface area contributed by atoms with Gasteiger partial charge in [-0.2, -0.15) is 0 Å². The third kappa shape index (κ3) is 2.93. The Morgan fingerprint density at radius 3 is 2.59 bits per heavy atom. The van der Waals surface area contributed by atoms with Crippen LogP contribution in [0.2, 0.25) is 0 Å². The van der Waals surface area contributed by atoms with Crippen LogP contribution in [0.4, 0.5) is 4.39 Å². The largest absolute Gasteiger partial charge is 0.478 e. The summed E-state index contributed by atoms with van der Waals surface area (Å²) in [6.07, 6.45) is -1.01. The van der Waals surface area contributed by atoms with Crippen molar-refractivity contribution in [2.75, 3.05) is 7.11 Å². The molecule has 0 aliphatic carbocycles. The van der Waals surface area contributed by atoms with Crippen molar-refractivity contribution >= 4 is 11.9 Å². The fourth-order valence-electron chi connectivity index (χ4n) is 1.21. The minimum Gasteiger partial charge on any atom is -0.478 e. The van der Waals surface area contributed by atoms with Gasteiger partial charge in [-0.1, -0.05) is 6.07 Å². The number of aromatic carboxylic acids is 1. The fraction of sp³-hybridized carbons (Fsp3) is 0.273. The SMILES string of the molecule is COC(=O)C(C)Oc1cccc(F)c1C(=O)O. The zero-order chi connectivity index (χ0) is 13.0. The molecule has 0 aliphatic rings. The second kappa shape index (κ2) is 5.29. The number of carbonyl (C=O) groups excluding carboxylic acids is 1. The van der Waals surface area contributed by atoms with Crippen LogP contribution in [0.3, 0.4) is 0 Å². The Labute approximate surface area is 96.8 Å². The van der Waals surface area contributed by atoms with E-state index >= 15 is 0 Å². The van der Waals surface area contributed by atoms with Gasteiger partial charge >= 0.3 is 11.9 Å². The number of hydrogen-bond donors (Lipinski definition) is 1. The molecule has 0 spiro atoms. The normalized spacial score (nSPS) is 11.7. The van der Waals surface area contributed by atoms with E-state index in [1.54, 1.807) is 0 Å². The summed E-state index contributed by atoms with van der Waals surface area (Å²) in [5, 5.41) is 8.82. The molecule has 1 N–H and O–H groups in total. The smallest absolute Gasteiger partial charge is 0.346 e. The lowest BCUT2D eigenvalue weighted by Crippen LogP contribution is -2.25. The number of halogens is 1. The summed E-state index contributed by atoms with van der Waals surface area (Å²) in [5.74, 6) is -3.27. The van der Waals surface area contributed by atoms with E-state index in [1.165, 1.54) is 26.2 Å². The highest BCUT2D eigenvalue weighted by Crippen LogP contribution is 2.22. The van der Waals surface area contributed by atoms with Crippen molar-refractivity contribution in [1.82, 2.24) is 0 Å². The third-order valence-electron chi connectivity index (χ3n) is 2.03. The molecule has 92 valence electrons. The number of methoxy groups -OCH3 is 1. The highest BCUT2D eigenvalue weighted by Gasteiger charge is 2.21. The molecule has 0 aliphatic heterocycles. The lowest BCUT2D eigenvalue weighted by atomic mass is 10.2. The molecule has 0 radical (unpaired) electrons. The minimum absolute atomic E-state index is 0.213. The molecule has 0 amide bonds. The fourth-order valence-corrected chi connectivity index (χ4v) is 1.21. The average Bonchev–Trinajstić information content (AvgIpc) is 2.27. The zero-order valence-corrected chi connectivity index (χ0v) is 9.27. The molecule has 0 bridgehead atoms. The molecule has 0 saturated heterocycles. The van der Waals surface area contributed by atoms with Crippen LogP contribution in [-0.4, -0.2) is 30.3 Å². The maximum absolute atomic E-state index is 13.3. The lowest BCUT2D eigenvalue weighted by Gasteiger charge is -2.14. The van der Waals surface area contributed by atoms with Crippen molar-refractivity contribution in [3.63, 3.8) is 0 Å². The standard InChI is InChI=1S/C11H11FO5/c1-6(11(15)16-2)17-8-5-3-4-7(12)9(8)10(13)14/h3-6H,1-2H3,(H,13,14). The van der Waals surface area contributed by atoms with Crippen LogP contribution in [0, 0.1) is 5.82 Å². The van der Waals surface area contributed by atoms with E-state index in [0.717, 1.165) is 6.07 Å². The number of rotatable bonds is 4. The number of carboxylic acids is 1. The first-order valence-electron chi connectivity index (χ1n) is 4.73. The van der Waals surface area contributed by atoms with Crippen molar-refractivity contribution in [2.24, 2.45) is 0 Å². The van der Waals surface area contributed by atoms with Gasteiger partial charge in [-0.15, -0.1) is 0 Å². The van der Waals surface area contributed by atoms with Gasteiger partial charge < -0.3 is 14.6 Å². The molecule has 0 heterocycles. The monoisotopic (exact) mass is 242 g/mol. The summed E-state index contributed by atoms with van der Waals surface area (Å²) in [5.41, 5.74) is -0.608. The van der Waals surface area contributed by atoms with Crippen molar-refractivity contribution in [1.29, 1.82) is 0 Å². The second-order valence-corrected chi connectivity index (χ2v) is 3.20. The summed E-state index contributed by atoms with van der Waals surface area (Å²) in [7, 11) is 1.17. The molecule has 0 fully saturated rings. The topological polar surface area (TPSA) is 72.8 Å². The van der Waals surface area contributed by atoms with Crippen LogP contribution in [0.25, 0.3) is 0 Å². The van der Waals surface area contributed by atoms with Gasteiger partial charge in [0, 0.05) is 0 Å². The molecule has 0 saturated carbocycles. The van der Waals surface area contributed by atoms with Crippen LogP contribution < -0.4 is 4.74 Å². The van der Waals surface area contributed by atoms with Crippen molar-refractivity contribution < 1.29 is 28.6 Å². The average molecular weight is 242 g/mol. The molecule has 1 unspecified atom stereocenters. The van der Waals surface area contributed by atoms with E-state index in [0.29, 0.717) is 0 Å². The Morgan fingerprint density at radius 1 is 1.41 bits per heavy atom. The number of benzene rings is 1. The van der Waals surface area contributed by atoms with Crippen LogP contribution in [-0.2, 0) is 9.53 Å². The molecule has 1 aromatic carbocycles. The van der Waals surface area contributed by atoms with Crippen LogP contribution in [0.15, 0.2) is 18.2 Å². The molecular weight excluding hydrogens is 231 g/mol. The van der Waals surface area contributed by atoms with E-state index < -0.39 is 29.4 Å². The molecule has 5 nitrogen and oxygen atoms in total. The van der Waals surface area contributed by atoms with E-state index in [9.17, 15) is 14.0 Å². The van der Waals surface area contributed by atoms with Gasteiger partial charge in [-0.05, 0) is 19.1 Å². The van der Waals surface area contributed by atoms with Gasteiger partial charge in [0.1, 0.15) is 17.1 Å². The van der Waals surface area contributed by atoms with Gasteiger partial charge in [-0.3, -0.25) is 0 Å². The van der Waals surface area contributed by atoms with Crippen molar-refractivity contribution in [3.05, 3.63) is 29.6 Å². The van der Waals surface area contributed by atoms with Crippen molar-refractivity contribution in [3.8, 4) is 5.75 Å². The molecule has 0 aromatic heterocycles. The minimum atomic E-state index is -1.46. The van der Waals surface area contributed by atoms with E-state index in [-0.39, 0.29) is 5.75 Å². The third-order valence-corrected chi connectivity index (χ3v) is 2.03. The van der Waals surface area contributed by atoms with Gasteiger partial charge in [-0.25, -0.2) is 14.0 Å². The van der Waals surface area contributed by atoms with Gasteiger partial charge in [0.2, 0.25) is 0 Å². The highest BCUT2D eigenvalue weighted by molar-refractivity contribution is 5.91. The Kier molecular flexibility index (Phi) is 4.03. The molecule has 1 atom stereocenters. The first kappa shape index (κ1) is 13.0. The maximum Gasteiger partial charge on any atom is 0.346 e. The quantitative estimate of drug-likeness (QED) is 0.809. The summed E-state index contributed by atoms with van der Waals surface area (Å²) < 4.78 is 22.7. The lowest BCUT2D eigenvalue weighted by molar-refractivity contribution is -0.147. The van der Waals surface area contributed by atoms with Crippen LogP contribution in [0.1, 0.15) is 17.3 Å². The first-order chi connectivity index (χ1) is 7.97. The Bertz CT molecular complexity index is 443. The van der Waals surface area contributed by atoms with Gasteiger partial charge in [0.15, 0.2) is 6.10 Å². The first-order valence-corrected chi connectivity index (χ1v) is 4.73. The Hall–Kier alpha value is -2.11. The van der Waals surface area contributed by atoms with Crippen LogP contribution >= 0.6 is 0 Å². The molecule has 17 heavy (non-hydrogen) atoms. The Morgan fingerprint density at radius 2 is 2.06 bits per heavy atom.